The van der Waals surface area contributed by atoms with Gasteiger partial charge in [0.1, 0.15) is 13.2 Å². The molecule has 0 aliphatic heterocycles. The molecule has 83 heavy (non-hydrogen) atoms. The van der Waals surface area contributed by atoms with Gasteiger partial charge in [-0.2, -0.15) is 0 Å². The van der Waals surface area contributed by atoms with E-state index in [1.165, 1.54) is 180 Å². The summed E-state index contributed by atoms with van der Waals surface area (Å²) in [5.41, 5.74) is 0. The van der Waals surface area contributed by atoms with E-state index in [-0.39, 0.29) is 31.1 Å². The van der Waals surface area contributed by atoms with Crippen molar-refractivity contribution >= 4 is 17.9 Å². The van der Waals surface area contributed by atoms with Crippen molar-refractivity contribution < 1.29 is 28.6 Å². The Morgan fingerprint density at radius 3 is 0.735 bits per heavy atom. The molecule has 0 fully saturated rings. The lowest BCUT2D eigenvalue weighted by molar-refractivity contribution is -0.167. The first-order valence-electron chi connectivity index (χ1n) is 35.7. The predicted octanol–water partition coefficient (Wildman–Crippen LogP) is 24.8. The Morgan fingerprint density at radius 2 is 0.470 bits per heavy atom. The second kappa shape index (κ2) is 70.8. The van der Waals surface area contributed by atoms with Gasteiger partial charge in [0.05, 0.1) is 0 Å². The smallest absolute Gasteiger partial charge is 0.306 e. The maximum absolute atomic E-state index is 13.0. The van der Waals surface area contributed by atoms with Crippen LogP contribution in [-0.2, 0) is 28.6 Å². The van der Waals surface area contributed by atoms with Crippen LogP contribution in [0, 0.1) is 0 Å². The SMILES string of the molecule is CC/C=C\C/C=C\C/C=C\C/C=C\C/C=C\CCCCCCCCCC(=O)OC(COC(=O)CCCCCCC/C=C\C/C=C\C/C=C\CC)COC(=O)CCCCCCCCCCCCCCCCCCCCCCCCCCCCC. The summed E-state index contributed by atoms with van der Waals surface area (Å²) in [6.07, 6.45) is 95.8. The van der Waals surface area contributed by atoms with Gasteiger partial charge in [-0.25, -0.2) is 0 Å². The van der Waals surface area contributed by atoms with Gasteiger partial charge in [-0.15, -0.1) is 0 Å². The molecule has 0 aromatic rings. The normalized spacial score (nSPS) is 12.7. The summed E-state index contributed by atoms with van der Waals surface area (Å²) in [7, 11) is 0. The van der Waals surface area contributed by atoms with Crippen molar-refractivity contribution in [2.75, 3.05) is 13.2 Å². The van der Waals surface area contributed by atoms with Crippen molar-refractivity contribution in [3.63, 3.8) is 0 Å². The fraction of sp³-hybridized carbons (Fsp3) is 0.753. The maximum Gasteiger partial charge on any atom is 0.306 e. The third-order valence-corrected chi connectivity index (χ3v) is 15.6. The lowest BCUT2D eigenvalue weighted by Crippen LogP contribution is -2.30. The van der Waals surface area contributed by atoms with Crippen LogP contribution in [-0.4, -0.2) is 37.2 Å². The first kappa shape index (κ1) is 79.3. The molecule has 0 rings (SSSR count). The Morgan fingerprint density at radius 1 is 0.253 bits per heavy atom. The average molecular weight is 1160 g/mol. The van der Waals surface area contributed by atoms with Crippen LogP contribution in [0.15, 0.2) is 97.2 Å². The monoisotopic (exact) mass is 1160 g/mol. The van der Waals surface area contributed by atoms with Crippen LogP contribution in [0.1, 0.15) is 355 Å². The highest BCUT2D eigenvalue weighted by Gasteiger charge is 2.19. The van der Waals surface area contributed by atoms with Crippen LogP contribution in [0.25, 0.3) is 0 Å². The van der Waals surface area contributed by atoms with E-state index in [0.29, 0.717) is 19.3 Å². The van der Waals surface area contributed by atoms with Crippen molar-refractivity contribution in [2.45, 2.75) is 361 Å². The Balaban J connectivity index is 4.31. The molecule has 0 N–H and O–H groups in total. The number of hydrogen-bond acceptors (Lipinski definition) is 6. The summed E-state index contributed by atoms with van der Waals surface area (Å²) in [5.74, 6) is -0.898. The van der Waals surface area contributed by atoms with Gasteiger partial charge in [-0.3, -0.25) is 14.4 Å². The molecule has 1 atom stereocenters. The second-order valence-corrected chi connectivity index (χ2v) is 23.7. The predicted molar refractivity (Wildman–Crippen MR) is 362 cm³/mol. The minimum Gasteiger partial charge on any atom is -0.462 e. The summed E-state index contributed by atoms with van der Waals surface area (Å²) in [4.78, 5) is 38.5. The number of esters is 3. The van der Waals surface area contributed by atoms with E-state index in [0.717, 1.165) is 135 Å². The molecule has 0 saturated heterocycles. The molecule has 0 spiro atoms. The van der Waals surface area contributed by atoms with Gasteiger partial charge in [-0.05, 0) is 96.3 Å². The van der Waals surface area contributed by atoms with E-state index < -0.39 is 6.10 Å². The Hall–Kier alpha value is -3.67. The summed E-state index contributed by atoms with van der Waals surface area (Å²) >= 11 is 0. The second-order valence-electron chi connectivity index (χ2n) is 23.7. The first-order chi connectivity index (χ1) is 41.0. The maximum atomic E-state index is 13.0. The van der Waals surface area contributed by atoms with Crippen molar-refractivity contribution in [2.24, 2.45) is 0 Å². The molecule has 0 radical (unpaired) electrons. The third-order valence-electron chi connectivity index (χ3n) is 15.6. The highest BCUT2D eigenvalue weighted by atomic mass is 16.6. The lowest BCUT2D eigenvalue weighted by atomic mass is 10.0. The van der Waals surface area contributed by atoms with Crippen LogP contribution in [0.5, 0.6) is 0 Å². The quantitative estimate of drug-likeness (QED) is 0.0261. The third kappa shape index (κ3) is 69.0. The largest absolute Gasteiger partial charge is 0.462 e. The molecular formula is C77H134O6. The van der Waals surface area contributed by atoms with E-state index in [4.69, 9.17) is 14.2 Å². The molecule has 0 aromatic heterocycles. The summed E-state index contributed by atoms with van der Waals surface area (Å²) in [6.45, 7) is 6.44. The summed E-state index contributed by atoms with van der Waals surface area (Å²) in [5, 5.41) is 0. The Labute approximate surface area is 515 Å². The molecule has 0 aromatic carbocycles. The molecule has 0 aliphatic carbocycles. The van der Waals surface area contributed by atoms with E-state index in [1.54, 1.807) is 0 Å². The fourth-order valence-corrected chi connectivity index (χ4v) is 10.3. The highest BCUT2D eigenvalue weighted by Crippen LogP contribution is 2.18. The molecule has 0 saturated carbocycles. The van der Waals surface area contributed by atoms with Crippen LogP contribution in [0.2, 0.25) is 0 Å². The van der Waals surface area contributed by atoms with Crippen molar-refractivity contribution in [1.82, 2.24) is 0 Å². The molecule has 0 amide bonds. The minimum absolute atomic E-state index is 0.0853. The van der Waals surface area contributed by atoms with Crippen molar-refractivity contribution in [1.29, 1.82) is 0 Å². The summed E-state index contributed by atoms with van der Waals surface area (Å²) < 4.78 is 17.0. The van der Waals surface area contributed by atoms with Gasteiger partial charge in [0.2, 0.25) is 0 Å². The van der Waals surface area contributed by atoms with Gasteiger partial charge < -0.3 is 14.2 Å². The Bertz CT molecular complexity index is 1610. The first-order valence-corrected chi connectivity index (χ1v) is 35.7. The molecular weight excluding hydrogens is 1020 g/mol. The zero-order chi connectivity index (χ0) is 59.9. The van der Waals surface area contributed by atoms with Crippen LogP contribution in [0.3, 0.4) is 0 Å². The number of carbonyl (C=O) groups excluding carboxylic acids is 3. The highest BCUT2D eigenvalue weighted by molar-refractivity contribution is 5.71. The standard InChI is InChI=1S/C77H134O6/c1-4-7-10-13-16-19-22-25-28-30-32-34-36-37-38-39-41-42-44-46-49-52-55-58-61-64-67-70-76(79)82-73-74(72-81-75(78)69-66-63-60-57-54-51-48-27-24-21-18-15-12-9-6-3)83-77(80)71-68-65-62-59-56-53-50-47-45-43-40-35-33-31-29-26-23-20-17-14-11-8-5-2/h8-9,11-12,17-18,20-21,26-27,29,33,35,43,45,48,74H,4-7,10,13-16,19,22-25,28,30-32,34,36-42,44,46-47,49-73H2,1-3H3/b11-8-,12-9-,20-17-,21-18-,29-26-,35-33-,45-43-,48-27-. The number of rotatable bonds is 65. The van der Waals surface area contributed by atoms with Gasteiger partial charge in [0.15, 0.2) is 6.10 Å². The number of carbonyl (C=O) groups is 3. The molecule has 6 nitrogen and oxygen atoms in total. The zero-order valence-corrected chi connectivity index (χ0v) is 54.9. The molecule has 1 unspecified atom stereocenters. The molecule has 478 valence electrons. The number of allylic oxidation sites excluding steroid dienone is 16. The minimum atomic E-state index is -0.793. The molecule has 6 heteroatoms. The van der Waals surface area contributed by atoms with E-state index in [1.807, 2.05) is 0 Å². The van der Waals surface area contributed by atoms with E-state index in [9.17, 15) is 14.4 Å². The fourth-order valence-electron chi connectivity index (χ4n) is 10.3. The zero-order valence-electron chi connectivity index (χ0n) is 54.9. The molecule has 0 heterocycles. The molecule has 0 bridgehead atoms. The summed E-state index contributed by atoms with van der Waals surface area (Å²) in [6, 6.07) is 0. The lowest BCUT2D eigenvalue weighted by Gasteiger charge is -2.18. The van der Waals surface area contributed by atoms with Gasteiger partial charge >= 0.3 is 17.9 Å². The van der Waals surface area contributed by atoms with Gasteiger partial charge in [0, 0.05) is 19.3 Å². The number of hydrogen-bond donors (Lipinski definition) is 0. The molecule has 0 aliphatic rings. The van der Waals surface area contributed by atoms with E-state index in [2.05, 4.69) is 118 Å². The van der Waals surface area contributed by atoms with Crippen LogP contribution in [0.4, 0.5) is 0 Å². The van der Waals surface area contributed by atoms with Crippen LogP contribution < -0.4 is 0 Å². The topological polar surface area (TPSA) is 78.9 Å². The van der Waals surface area contributed by atoms with Crippen LogP contribution >= 0.6 is 0 Å². The van der Waals surface area contributed by atoms with Crippen molar-refractivity contribution in [3.8, 4) is 0 Å². The number of unbranched alkanes of at least 4 members (excludes halogenated alkanes) is 38. The average Bonchev–Trinajstić information content (AvgIpc) is 3.49. The number of ether oxygens (including phenoxy) is 3. The van der Waals surface area contributed by atoms with Gasteiger partial charge in [0.25, 0.3) is 0 Å². The van der Waals surface area contributed by atoms with Gasteiger partial charge in [-0.1, -0.05) is 336 Å². The Kier molecular flexibility index (Phi) is 67.7. The van der Waals surface area contributed by atoms with E-state index >= 15 is 0 Å². The van der Waals surface area contributed by atoms with Crippen molar-refractivity contribution in [3.05, 3.63) is 97.2 Å².